The molecule has 3 aromatic rings. The molecule has 1 amide bonds. The summed E-state index contributed by atoms with van der Waals surface area (Å²) in [4.78, 5) is 39.6. The Morgan fingerprint density at radius 1 is 1.03 bits per heavy atom. The summed E-state index contributed by atoms with van der Waals surface area (Å²) in [7, 11) is 0. The van der Waals surface area contributed by atoms with Crippen LogP contribution in [0.5, 0.6) is 5.75 Å². The monoisotopic (exact) mass is 447 g/mol. The Hall–Kier alpha value is -3.71. The van der Waals surface area contributed by atoms with Crippen LogP contribution in [0, 0.1) is 13.8 Å². The van der Waals surface area contributed by atoms with E-state index in [0.29, 0.717) is 21.9 Å². The van der Waals surface area contributed by atoms with Crippen molar-refractivity contribution in [3.63, 3.8) is 0 Å². The number of Topliss-reactive ketones (excluding diaryl/α,β-unsaturated/α-hetero) is 1. The molecule has 0 saturated carbocycles. The lowest BCUT2D eigenvalue weighted by Crippen LogP contribution is -2.31. The predicted molar refractivity (Wildman–Crippen MR) is 122 cm³/mol. The lowest BCUT2D eigenvalue weighted by Gasteiger charge is -2.27. The van der Waals surface area contributed by atoms with E-state index in [1.807, 2.05) is 26.0 Å². The number of ketones is 1. The summed E-state index contributed by atoms with van der Waals surface area (Å²) in [6.07, 6.45) is 0. The molecule has 4 rings (SSSR count). The lowest BCUT2D eigenvalue weighted by molar-refractivity contribution is -0.131. The third-order valence-electron chi connectivity index (χ3n) is 5.42. The minimum atomic E-state index is -0.828. The van der Waals surface area contributed by atoms with Gasteiger partial charge in [0.2, 0.25) is 5.78 Å². The Morgan fingerprint density at radius 2 is 1.75 bits per heavy atom. The van der Waals surface area contributed by atoms with Crippen LogP contribution in [0.3, 0.4) is 0 Å². The fraction of sp³-hybridized carbons (Fsp3) is 0.160. The van der Waals surface area contributed by atoms with Gasteiger partial charge in [0.25, 0.3) is 5.91 Å². The highest BCUT2D eigenvalue weighted by Crippen LogP contribution is 2.43. The minimum absolute atomic E-state index is 0.0240. The number of carbonyl (C=O) groups is 3. The van der Waals surface area contributed by atoms with Crippen LogP contribution >= 0.6 is 11.3 Å². The van der Waals surface area contributed by atoms with Gasteiger partial charge in [-0.05, 0) is 66.2 Å². The van der Waals surface area contributed by atoms with Gasteiger partial charge in [-0.15, -0.1) is 11.3 Å². The summed E-state index contributed by atoms with van der Waals surface area (Å²) in [5.41, 5.74) is 3.26. The number of aliphatic hydroxyl groups is 1. The van der Waals surface area contributed by atoms with Crippen LogP contribution in [0.2, 0.25) is 0 Å². The molecule has 2 heterocycles. The number of rotatable bonds is 5. The first-order valence-corrected chi connectivity index (χ1v) is 10.9. The van der Waals surface area contributed by atoms with Crippen LogP contribution in [0.1, 0.15) is 39.3 Å². The zero-order valence-electron chi connectivity index (χ0n) is 17.8. The molecule has 1 aliphatic rings. The number of aryl methyl sites for hydroxylation is 2. The maximum absolute atomic E-state index is 13.3. The summed E-state index contributed by atoms with van der Waals surface area (Å²) >= 11 is 1.25. The second kappa shape index (κ2) is 8.43. The zero-order chi connectivity index (χ0) is 23.0. The quantitative estimate of drug-likeness (QED) is 0.335. The van der Waals surface area contributed by atoms with Gasteiger partial charge < -0.3 is 9.84 Å². The zero-order valence-corrected chi connectivity index (χ0v) is 18.6. The molecule has 6 nitrogen and oxygen atoms in total. The molecule has 162 valence electrons. The number of anilines is 1. The number of amides is 1. The largest absolute Gasteiger partial charge is 0.503 e. The first-order valence-electron chi connectivity index (χ1n) is 9.98. The van der Waals surface area contributed by atoms with E-state index in [-0.39, 0.29) is 5.57 Å². The number of esters is 1. The molecule has 0 radical (unpaired) electrons. The van der Waals surface area contributed by atoms with Crippen molar-refractivity contribution in [2.24, 2.45) is 0 Å². The van der Waals surface area contributed by atoms with E-state index in [4.69, 9.17) is 4.74 Å². The molecule has 1 aliphatic heterocycles. The molecule has 1 atom stereocenters. The van der Waals surface area contributed by atoms with Gasteiger partial charge in [-0.3, -0.25) is 19.3 Å². The summed E-state index contributed by atoms with van der Waals surface area (Å²) in [6, 6.07) is 14.7. The molecule has 0 fully saturated rings. The molecule has 0 saturated heterocycles. The van der Waals surface area contributed by atoms with Crippen molar-refractivity contribution in [3.05, 3.63) is 92.9 Å². The molecular formula is C25H21NO5S. The van der Waals surface area contributed by atoms with E-state index in [1.54, 1.807) is 47.8 Å². The Kier molecular flexibility index (Phi) is 5.67. The first-order chi connectivity index (χ1) is 15.3. The molecular weight excluding hydrogens is 426 g/mol. The predicted octanol–water partition coefficient (Wildman–Crippen LogP) is 5.07. The van der Waals surface area contributed by atoms with Crippen molar-refractivity contribution in [1.82, 2.24) is 0 Å². The average Bonchev–Trinajstić information content (AvgIpc) is 3.38. The second-order valence-corrected chi connectivity index (χ2v) is 8.53. The van der Waals surface area contributed by atoms with Gasteiger partial charge in [-0.25, -0.2) is 0 Å². The molecule has 0 bridgehead atoms. The molecule has 1 unspecified atom stereocenters. The van der Waals surface area contributed by atoms with Gasteiger partial charge >= 0.3 is 5.97 Å². The van der Waals surface area contributed by atoms with E-state index in [0.717, 1.165) is 11.1 Å². The molecule has 32 heavy (non-hydrogen) atoms. The van der Waals surface area contributed by atoms with E-state index < -0.39 is 29.5 Å². The van der Waals surface area contributed by atoms with Crippen molar-refractivity contribution in [3.8, 4) is 5.75 Å². The summed E-state index contributed by atoms with van der Waals surface area (Å²) in [5, 5.41) is 12.6. The number of carbonyl (C=O) groups excluding carboxylic acids is 3. The van der Waals surface area contributed by atoms with Crippen LogP contribution < -0.4 is 9.64 Å². The number of nitrogens with zero attached hydrogens (tertiary/aromatic N) is 1. The van der Waals surface area contributed by atoms with Crippen molar-refractivity contribution < 1.29 is 24.2 Å². The summed E-state index contributed by atoms with van der Waals surface area (Å²) in [5.74, 6) is -1.69. The highest BCUT2D eigenvalue weighted by atomic mass is 32.1. The van der Waals surface area contributed by atoms with E-state index in [1.165, 1.54) is 23.2 Å². The topological polar surface area (TPSA) is 83.9 Å². The maximum atomic E-state index is 13.3. The Bertz CT molecular complexity index is 1240. The minimum Gasteiger partial charge on any atom is -0.503 e. The SMILES string of the molecule is CC(=O)Oc1ccc(C2C(C(=O)c3cccs3)=C(O)C(=O)N2c2ccc(C)c(C)c2)cc1. The van der Waals surface area contributed by atoms with Gasteiger partial charge in [-0.2, -0.15) is 0 Å². The third kappa shape index (κ3) is 3.83. The normalized spacial score (nSPS) is 15.9. The molecule has 1 aromatic heterocycles. The van der Waals surface area contributed by atoms with Gasteiger partial charge in [0.1, 0.15) is 5.75 Å². The van der Waals surface area contributed by atoms with Crippen LogP contribution in [-0.4, -0.2) is 22.8 Å². The third-order valence-corrected chi connectivity index (χ3v) is 6.29. The van der Waals surface area contributed by atoms with Crippen molar-refractivity contribution >= 4 is 34.7 Å². The second-order valence-electron chi connectivity index (χ2n) is 7.58. The summed E-state index contributed by atoms with van der Waals surface area (Å²) in [6.45, 7) is 5.22. The van der Waals surface area contributed by atoms with Gasteiger partial charge in [0, 0.05) is 12.6 Å². The van der Waals surface area contributed by atoms with Crippen molar-refractivity contribution in [2.75, 3.05) is 4.90 Å². The van der Waals surface area contributed by atoms with E-state index >= 15 is 0 Å². The number of aliphatic hydroxyl groups excluding tert-OH is 1. The van der Waals surface area contributed by atoms with Crippen molar-refractivity contribution in [2.45, 2.75) is 26.8 Å². The van der Waals surface area contributed by atoms with E-state index in [9.17, 15) is 19.5 Å². The molecule has 0 spiro atoms. The molecule has 2 aromatic carbocycles. The lowest BCUT2D eigenvalue weighted by atomic mass is 9.95. The fourth-order valence-corrected chi connectivity index (χ4v) is 4.40. The van der Waals surface area contributed by atoms with Crippen LogP contribution in [0.4, 0.5) is 5.69 Å². The number of benzene rings is 2. The fourth-order valence-electron chi connectivity index (χ4n) is 3.72. The summed E-state index contributed by atoms with van der Waals surface area (Å²) < 4.78 is 5.10. The Balaban J connectivity index is 1.84. The number of hydrogen-bond donors (Lipinski definition) is 1. The average molecular weight is 448 g/mol. The van der Waals surface area contributed by atoms with Crippen LogP contribution in [0.25, 0.3) is 0 Å². The molecule has 1 N–H and O–H groups in total. The number of thiophene rings is 1. The Morgan fingerprint density at radius 3 is 2.34 bits per heavy atom. The smallest absolute Gasteiger partial charge is 0.308 e. The van der Waals surface area contributed by atoms with Gasteiger partial charge in [0.05, 0.1) is 16.5 Å². The Labute approximate surface area is 189 Å². The number of ether oxygens (including phenoxy) is 1. The number of hydrogen-bond acceptors (Lipinski definition) is 6. The first kappa shape index (κ1) is 21.5. The van der Waals surface area contributed by atoms with Gasteiger partial charge in [0.15, 0.2) is 5.76 Å². The van der Waals surface area contributed by atoms with Crippen LogP contribution in [-0.2, 0) is 9.59 Å². The molecule has 0 aliphatic carbocycles. The van der Waals surface area contributed by atoms with E-state index in [2.05, 4.69) is 0 Å². The maximum Gasteiger partial charge on any atom is 0.308 e. The van der Waals surface area contributed by atoms with Gasteiger partial charge in [-0.1, -0.05) is 24.3 Å². The highest BCUT2D eigenvalue weighted by molar-refractivity contribution is 7.12. The highest BCUT2D eigenvalue weighted by Gasteiger charge is 2.44. The standard InChI is InChI=1S/C25H21NO5S/c1-14-6-9-18(13-15(14)2)26-22(17-7-10-19(11-8-17)31-16(3)27)21(24(29)25(26)30)23(28)20-5-4-12-32-20/h4-13,22,29H,1-3H3. The molecule has 7 heteroatoms. The van der Waals surface area contributed by atoms with Crippen LogP contribution in [0.15, 0.2) is 71.3 Å². The van der Waals surface area contributed by atoms with Crippen molar-refractivity contribution in [1.29, 1.82) is 0 Å².